The molecule has 1 atom stereocenters. The van der Waals surface area contributed by atoms with Crippen LogP contribution in [0.1, 0.15) is 46.3 Å². The lowest BCUT2D eigenvalue weighted by Crippen LogP contribution is -2.22. The van der Waals surface area contributed by atoms with E-state index in [-0.39, 0.29) is 17.8 Å². The Morgan fingerprint density at radius 3 is 2.03 bits per heavy atom. The molecule has 1 aliphatic heterocycles. The van der Waals surface area contributed by atoms with E-state index in [9.17, 15) is 9.59 Å². The predicted octanol–water partition coefficient (Wildman–Crippen LogP) is 4.63. The Balaban J connectivity index is 1.58. The fourth-order valence-corrected chi connectivity index (χ4v) is 3.71. The van der Waals surface area contributed by atoms with Crippen LogP contribution < -0.4 is 0 Å². The van der Waals surface area contributed by atoms with Gasteiger partial charge in [0.15, 0.2) is 0 Å². The highest BCUT2D eigenvalue weighted by Gasteiger charge is 2.31. The number of esters is 1. The van der Waals surface area contributed by atoms with E-state index < -0.39 is 0 Å². The van der Waals surface area contributed by atoms with E-state index in [1.165, 1.54) is 0 Å². The van der Waals surface area contributed by atoms with Crippen molar-refractivity contribution in [3.8, 4) is 0 Å². The van der Waals surface area contributed by atoms with E-state index in [0.717, 1.165) is 22.4 Å². The van der Waals surface area contributed by atoms with Crippen LogP contribution >= 0.6 is 0 Å². The van der Waals surface area contributed by atoms with Crippen molar-refractivity contribution in [2.24, 2.45) is 5.10 Å². The fraction of sp³-hybridized carbons (Fsp3) is 0.192. The van der Waals surface area contributed by atoms with Gasteiger partial charge in [-0.1, -0.05) is 72.8 Å². The minimum Gasteiger partial charge on any atom is -0.462 e. The molecule has 3 aromatic carbocycles. The molecule has 156 valence electrons. The zero-order valence-corrected chi connectivity index (χ0v) is 17.4. The number of carbonyl (C=O) groups is 2. The first-order valence-corrected chi connectivity index (χ1v) is 10.4. The van der Waals surface area contributed by atoms with Crippen molar-refractivity contribution in [1.29, 1.82) is 0 Å². The van der Waals surface area contributed by atoms with Gasteiger partial charge < -0.3 is 4.74 Å². The first-order valence-electron chi connectivity index (χ1n) is 10.4. The van der Waals surface area contributed by atoms with Crippen molar-refractivity contribution in [1.82, 2.24) is 5.01 Å². The Bertz CT molecular complexity index is 1040. The summed E-state index contributed by atoms with van der Waals surface area (Å²) in [4.78, 5) is 24.6. The van der Waals surface area contributed by atoms with Crippen LogP contribution in [0.25, 0.3) is 0 Å². The highest BCUT2D eigenvalue weighted by molar-refractivity contribution is 6.13. The van der Waals surface area contributed by atoms with Gasteiger partial charge in [0.1, 0.15) is 0 Å². The molecule has 0 aliphatic carbocycles. The molecule has 5 nitrogen and oxygen atoms in total. The maximum atomic E-state index is 12.8. The van der Waals surface area contributed by atoms with Crippen molar-refractivity contribution < 1.29 is 14.3 Å². The van der Waals surface area contributed by atoms with Gasteiger partial charge >= 0.3 is 5.97 Å². The monoisotopic (exact) mass is 412 g/mol. The van der Waals surface area contributed by atoms with Gasteiger partial charge in [-0.15, -0.1) is 0 Å². The summed E-state index contributed by atoms with van der Waals surface area (Å²) in [5.74, 6) is -0.317. The third-order valence-electron chi connectivity index (χ3n) is 5.31. The summed E-state index contributed by atoms with van der Waals surface area (Å²) in [5.41, 5.74) is 4.22. The highest BCUT2D eigenvalue weighted by atomic mass is 16.5. The lowest BCUT2D eigenvalue weighted by atomic mass is 9.97. The molecule has 1 aliphatic rings. The molecular formula is C26H24N2O3. The molecule has 1 fully saturated rings. The van der Waals surface area contributed by atoms with E-state index >= 15 is 0 Å². The van der Waals surface area contributed by atoms with Gasteiger partial charge in [-0.3, -0.25) is 4.79 Å². The zero-order chi connectivity index (χ0) is 21.6. The molecular weight excluding hydrogens is 388 g/mol. The molecule has 1 unspecified atom stereocenters. The molecule has 31 heavy (non-hydrogen) atoms. The second-order valence-electron chi connectivity index (χ2n) is 7.40. The topological polar surface area (TPSA) is 59.0 Å². The van der Waals surface area contributed by atoms with Gasteiger partial charge in [-0.05, 0) is 24.6 Å². The Morgan fingerprint density at radius 1 is 0.903 bits per heavy atom. The normalized spacial score (nSPS) is 15.6. The zero-order valence-electron chi connectivity index (χ0n) is 17.4. The molecule has 0 bridgehead atoms. The largest absolute Gasteiger partial charge is 0.462 e. The van der Waals surface area contributed by atoms with E-state index in [2.05, 4.69) is 0 Å². The third kappa shape index (κ3) is 4.72. The summed E-state index contributed by atoms with van der Waals surface area (Å²) < 4.78 is 5.04. The summed E-state index contributed by atoms with van der Waals surface area (Å²) in [6, 6.07) is 27.1. The molecule has 1 saturated heterocycles. The van der Waals surface area contributed by atoms with E-state index in [1.54, 1.807) is 24.1 Å². The molecule has 0 aromatic heterocycles. The maximum Gasteiger partial charge on any atom is 0.338 e. The first kappa shape index (κ1) is 20.5. The Kier molecular flexibility index (Phi) is 6.22. The molecule has 1 heterocycles. The minimum absolute atomic E-state index is 0.0103. The summed E-state index contributed by atoms with van der Waals surface area (Å²) in [5, 5.41) is 6.34. The quantitative estimate of drug-likeness (QED) is 0.438. The summed E-state index contributed by atoms with van der Waals surface area (Å²) in [6.07, 6.45) is 0.388. The summed E-state index contributed by atoms with van der Waals surface area (Å²) in [6.45, 7) is 2.63. The van der Waals surface area contributed by atoms with Gasteiger partial charge in [-0.2, -0.15) is 5.10 Å². The van der Waals surface area contributed by atoms with E-state index in [4.69, 9.17) is 9.84 Å². The van der Waals surface area contributed by atoms with Crippen LogP contribution in [0.4, 0.5) is 0 Å². The average Bonchev–Trinajstić information content (AvgIpc) is 3.19. The van der Waals surface area contributed by atoms with Gasteiger partial charge in [0, 0.05) is 23.5 Å². The first-order chi connectivity index (χ1) is 15.2. The molecule has 0 spiro atoms. The van der Waals surface area contributed by atoms with Gasteiger partial charge in [-0.25, -0.2) is 9.80 Å². The van der Waals surface area contributed by atoms with E-state index in [1.807, 2.05) is 72.8 Å². The Labute approximate surface area is 182 Å². The predicted molar refractivity (Wildman–Crippen MR) is 120 cm³/mol. The number of carbonyl (C=O) groups excluding carboxylic acids is 2. The number of nitrogens with zero attached hydrogens (tertiary/aromatic N) is 2. The molecule has 4 rings (SSSR count). The standard InChI is InChI=1S/C26H24N2O3/c1-2-31-26(30)22-15-13-19(14-16-22)23-17-24(29)28(18-23)27-25(20-9-5-3-6-10-20)21-11-7-4-8-12-21/h3-16,23H,2,17-18H2,1H3. The molecule has 3 aromatic rings. The lowest BCUT2D eigenvalue weighted by molar-refractivity contribution is -0.127. The van der Waals surface area contributed by atoms with Crippen LogP contribution in [0.3, 0.4) is 0 Å². The Morgan fingerprint density at radius 2 is 1.48 bits per heavy atom. The Hall–Kier alpha value is -3.73. The van der Waals surface area contributed by atoms with Crippen LogP contribution in [0.15, 0.2) is 90.0 Å². The fourth-order valence-electron chi connectivity index (χ4n) is 3.71. The number of hydrazone groups is 1. The lowest BCUT2D eigenvalue weighted by Gasteiger charge is -2.15. The number of amides is 1. The molecule has 0 N–H and O–H groups in total. The van der Waals surface area contributed by atoms with Crippen LogP contribution in [-0.2, 0) is 9.53 Å². The molecule has 1 amide bonds. The number of ether oxygens (including phenoxy) is 1. The van der Waals surface area contributed by atoms with Gasteiger partial charge in [0.05, 0.1) is 24.4 Å². The van der Waals surface area contributed by atoms with Crippen LogP contribution in [0.2, 0.25) is 0 Å². The summed E-state index contributed by atoms with van der Waals surface area (Å²) in [7, 11) is 0. The summed E-state index contributed by atoms with van der Waals surface area (Å²) >= 11 is 0. The van der Waals surface area contributed by atoms with Crippen molar-refractivity contribution in [3.05, 3.63) is 107 Å². The smallest absolute Gasteiger partial charge is 0.338 e. The average molecular weight is 412 g/mol. The van der Waals surface area contributed by atoms with Crippen molar-refractivity contribution >= 4 is 17.6 Å². The van der Waals surface area contributed by atoms with E-state index in [0.29, 0.717) is 25.1 Å². The van der Waals surface area contributed by atoms with Gasteiger partial charge in [0.25, 0.3) is 0 Å². The maximum absolute atomic E-state index is 12.8. The molecule has 0 radical (unpaired) electrons. The second kappa shape index (κ2) is 9.39. The second-order valence-corrected chi connectivity index (χ2v) is 7.40. The van der Waals surface area contributed by atoms with Crippen molar-refractivity contribution in [2.45, 2.75) is 19.3 Å². The van der Waals surface area contributed by atoms with Gasteiger partial charge in [0.2, 0.25) is 5.91 Å². The number of rotatable bonds is 6. The van der Waals surface area contributed by atoms with Crippen molar-refractivity contribution in [2.75, 3.05) is 13.2 Å². The van der Waals surface area contributed by atoms with Crippen molar-refractivity contribution in [3.63, 3.8) is 0 Å². The number of hydrogen-bond acceptors (Lipinski definition) is 4. The molecule has 5 heteroatoms. The minimum atomic E-state index is -0.335. The number of hydrogen-bond donors (Lipinski definition) is 0. The van der Waals surface area contributed by atoms with Crippen LogP contribution in [0.5, 0.6) is 0 Å². The SMILES string of the molecule is CCOC(=O)c1ccc(C2CC(=O)N(N=C(c3ccccc3)c3ccccc3)C2)cc1. The third-order valence-corrected chi connectivity index (χ3v) is 5.31. The molecule has 0 saturated carbocycles. The highest BCUT2D eigenvalue weighted by Crippen LogP contribution is 2.29. The van der Waals surface area contributed by atoms with Crippen LogP contribution in [0, 0.1) is 0 Å². The van der Waals surface area contributed by atoms with Crippen LogP contribution in [-0.4, -0.2) is 35.7 Å². The number of benzene rings is 3.